The molecule has 98 valence electrons. The zero-order valence-electron chi connectivity index (χ0n) is 9.82. The normalized spacial score (nSPS) is 38.4. The van der Waals surface area contributed by atoms with E-state index in [9.17, 15) is 17.1 Å². The van der Waals surface area contributed by atoms with E-state index in [2.05, 4.69) is 6.92 Å². The van der Waals surface area contributed by atoms with Crippen molar-refractivity contribution in [3.05, 3.63) is 0 Å². The van der Waals surface area contributed by atoms with E-state index in [1.54, 1.807) is 0 Å². The Labute approximate surface area is 101 Å². The third-order valence-corrected chi connectivity index (χ3v) is 4.63. The van der Waals surface area contributed by atoms with Gasteiger partial charge in [0, 0.05) is 5.41 Å². The molecular formula is C11H17FO4S. The number of rotatable bonds is 2. The van der Waals surface area contributed by atoms with Crippen LogP contribution in [-0.4, -0.2) is 26.2 Å². The molecule has 1 aliphatic carbocycles. The molecule has 17 heavy (non-hydrogen) atoms. The number of carbonyl (C=O) groups excluding carboxylic acids is 1. The van der Waals surface area contributed by atoms with Gasteiger partial charge in [-0.3, -0.25) is 4.79 Å². The standard InChI is InChI=1S/C11H17FO4S/c1-8-3-2-4-11(5-8)6-10(13)16-9(11)7-17(12,14)15/h8-9H,2-7H2,1H3. The van der Waals surface area contributed by atoms with Crippen molar-refractivity contribution in [2.75, 3.05) is 5.75 Å². The summed E-state index contributed by atoms with van der Waals surface area (Å²) in [5.74, 6) is -0.651. The molecule has 2 aliphatic rings. The quantitative estimate of drug-likeness (QED) is 0.563. The summed E-state index contributed by atoms with van der Waals surface area (Å²) in [6.45, 7) is 2.07. The van der Waals surface area contributed by atoms with Crippen LogP contribution in [0.25, 0.3) is 0 Å². The lowest BCUT2D eigenvalue weighted by Crippen LogP contribution is -2.39. The van der Waals surface area contributed by atoms with E-state index in [4.69, 9.17) is 4.74 Å². The molecular weight excluding hydrogens is 247 g/mol. The fourth-order valence-corrected chi connectivity index (χ4v) is 4.06. The molecule has 4 nitrogen and oxygen atoms in total. The van der Waals surface area contributed by atoms with Gasteiger partial charge in [0.25, 0.3) is 0 Å². The second-order valence-electron chi connectivity index (χ2n) is 5.42. The van der Waals surface area contributed by atoms with Crippen molar-refractivity contribution in [1.82, 2.24) is 0 Å². The van der Waals surface area contributed by atoms with Gasteiger partial charge in [0.05, 0.1) is 6.42 Å². The molecule has 3 unspecified atom stereocenters. The van der Waals surface area contributed by atoms with Gasteiger partial charge in [-0.2, -0.15) is 8.42 Å². The van der Waals surface area contributed by atoms with Gasteiger partial charge >= 0.3 is 16.2 Å². The number of cyclic esters (lactones) is 1. The minimum absolute atomic E-state index is 0.234. The van der Waals surface area contributed by atoms with E-state index < -0.39 is 33.5 Å². The Morgan fingerprint density at radius 3 is 2.82 bits per heavy atom. The molecule has 1 saturated heterocycles. The smallest absolute Gasteiger partial charge is 0.306 e. The van der Waals surface area contributed by atoms with Crippen LogP contribution in [0.2, 0.25) is 0 Å². The van der Waals surface area contributed by atoms with E-state index in [1.807, 2.05) is 0 Å². The summed E-state index contributed by atoms with van der Waals surface area (Å²) in [4.78, 5) is 11.4. The highest BCUT2D eigenvalue weighted by atomic mass is 32.3. The summed E-state index contributed by atoms with van der Waals surface area (Å²) < 4.78 is 39.3. The Hall–Kier alpha value is -0.650. The summed E-state index contributed by atoms with van der Waals surface area (Å²) in [7, 11) is -4.60. The number of halogens is 1. The fraction of sp³-hybridized carbons (Fsp3) is 0.909. The number of esters is 1. The Morgan fingerprint density at radius 2 is 2.24 bits per heavy atom. The van der Waals surface area contributed by atoms with Crippen molar-refractivity contribution in [3.8, 4) is 0 Å². The molecule has 0 aromatic rings. The van der Waals surface area contributed by atoms with Gasteiger partial charge in [-0.1, -0.05) is 19.8 Å². The highest BCUT2D eigenvalue weighted by molar-refractivity contribution is 7.86. The topological polar surface area (TPSA) is 60.4 Å². The van der Waals surface area contributed by atoms with Crippen molar-refractivity contribution in [3.63, 3.8) is 0 Å². The molecule has 1 saturated carbocycles. The van der Waals surface area contributed by atoms with Gasteiger partial charge in [0.15, 0.2) is 0 Å². The molecule has 0 aromatic carbocycles. The van der Waals surface area contributed by atoms with Gasteiger partial charge in [-0.05, 0) is 18.8 Å². The number of ether oxygens (including phenoxy) is 1. The van der Waals surface area contributed by atoms with Crippen molar-refractivity contribution in [1.29, 1.82) is 0 Å². The first kappa shape index (κ1) is 12.8. The maximum Gasteiger partial charge on any atom is 0.306 e. The number of hydrogen-bond donors (Lipinski definition) is 0. The molecule has 1 aliphatic heterocycles. The molecule has 2 fully saturated rings. The Balaban J connectivity index is 2.21. The molecule has 0 amide bonds. The first-order chi connectivity index (χ1) is 7.81. The van der Waals surface area contributed by atoms with Gasteiger partial charge in [0.1, 0.15) is 11.9 Å². The van der Waals surface area contributed by atoms with E-state index in [0.717, 1.165) is 25.7 Å². The SMILES string of the molecule is CC1CCCC2(CC(=O)OC2CS(=O)(=O)F)C1. The zero-order valence-corrected chi connectivity index (χ0v) is 10.6. The van der Waals surface area contributed by atoms with Crippen LogP contribution in [0.3, 0.4) is 0 Å². The summed E-state index contributed by atoms with van der Waals surface area (Å²) in [6, 6.07) is 0. The lowest BCUT2D eigenvalue weighted by atomic mass is 9.66. The largest absolute Gasteiger partial charge is 0.461 e. The second-order valence-corrected chi connectivity index (χ2v) is 6.84. The molecule has 6 heteroatoms. The predicted octanol–water partition coefficient (Wildman–Crippen LogP) is 1.80. The first-order valence-corrected chi connectivity index (χ1v) is 7.48. The van der Waals surface area contributed by atoms with Crippen LogP contribution in [0.1, 0.15) is 39.0 Å². The predicted molar refractivity (Wildman–Crippen MR) is 59.5 cm³/mol. The molecule has 2 rings (SSSR count). The Bertz CT molecular complexity index is 419. The lowest BCUT2D eigenvalue weighted by molar-refractivity contribution is -0.141. The maximum absolute atomic E-state index is 12.8. The average molecular weight is 264 g/mol. The third kappa shape index (κ3) is 2.78. The van der Waals surface area contributed by atoms with Crippen molar-refractivity contribution >= 4 is 16.2 Å². The maximum atomic E-state index is 12.8. The van der Waals surface area contributed by atoms with Crippen molar-refractivity contribution < 1.29 is 21.8 Å². The van der Waals surface area contributed by atoms with Crippen LogP contribution in [0.4, 0.5) is 3.89 Å². The third-order valence-electron chi connectivity index (χ3n) is 3.93. The second kappa shape index (κ2) is 4.23. The zero-order chi connectivity index (χ0) is 12.7. The Morgan fingerprint density at radius 1 is 1.53 bits per heavy atom. The highest BCUT2D eigenvalue weighted by Crippen LogP contribution is 2.49. The first-order valence-electron chi connectivity index (χ1n) is 5.93. The van der Waals surface area contributed by atoms with Crippen LogP contribution in [0, 0.1) is 11.3 Å². The summed E-state index contributed by atoms with van der Waals surface area (Å²) in [6.07, 6.45) is 2.96. The van der Waals surface area contributed by atoms with Crippen LogP contribution < -0.4 is 0 Å². The van der Waals surface area contributed by atoms with E-state index in [-0.39, 0.29) is 6.42 Å². The molecule has 1 heterocycles. The van der Waals surface area contributed by atoms with Crippen molar-refractivity contribution in [2.45, 2.75) is 45.1 Å². The van der Waals surface area contributed by atoms with E-state index >= 15 is 0 Å². The van der Waals surface area contributed by atoms with Crippen LogP contribution in [0.5, 0.6) is 0 Å². The minimum atomic E-state index is -4.60. The van der Waals surface area contributed by atoms with Crippen LogP contribution in [-0.2, 0) is 19.8 Å². The van der Waals surface area contributed by atoms with E-state index in [0.29, 0.717) is 5.92 Å². The molecule has 0 aromatic heterocycles. The molecule has 0 bridgehead atoms. The Kier molecular flexibility index (Phi) is 3.18. The molecule has 0 radical (unpaired) electrons. The van der Waals surface area contributed by atoms with E-state index in [1.165, 1.54) is 0 Å². The van der Waals surface area contributed by atoms with Crippen LogP contribution >= 0.6 is 0 Å². The van der Waals surface area contributed by atoms with Gasteiger partial charge < -0.3 is 4.74 Å². The average Bonchev–Trinajstić information content (AvgIpc) is 2.39. The summed E-state index contributed by atoms with van der Waals surface area (Å²) in [5, 5.41) is 0. The molecule has 0 N–H and O–H groups in total. The van der Waals surface area contributed by atoms with Crippen molar-refractivity contribution in [2.24, 2.45) is 11.3 Å². The minimum Gasteiger partial charge on any atom is -0.461 e. The number of carbonyl (C=O) groups is 1. The monoisotopic (exact) mass is 264 g/mol. The van der Waals surface area contributed by atoms with Gasteiger partial charge in [-0.15, -0.1) is 3.89 Å². The van der Waals surface area contributed by atoms with Crippen LogP contribution in [0.15, 0.2) is 0 Å². The highest BCUT2D eigenvalue weighted by Gasteiger charge is 2.51. The summed E-state index contributed by atoms with van der Waals surface area (Å²) >= 11 is 0. The van der Waals surface area contributed by atoms with Gasteiger partial charge in [-0.25, -0.2) is 0 Å². The molecule has 1 spiro atoms. The van der Waals surface area contributed by atoms with Gasteiger partial charge in [0.2, 0.25) is 0 Å². The summed E-state index contributed by atoms with van der Waals surface area (Å²) in [5.41, 5.74) is -0.450. The lowest BCUT2D eigenvalue weighted by Gasteiger charge is -2.38. The number of hydrogen-bond acceptors (Lipinski definition) is 4. The fourth-order valence-electron chi connectivity index (χ4n) is 3.27. The molecule has 3 atom stereocenters.